The van der Waals surface area contributed by atoms with E-state index in [4.69, 9.17) is 0 Å². The quantitative estimate of drug-likeness (QED) is 0.595. The largest absolute Gasteiger partial charge is 0.393 e. The minimum Gasteiger partial charge on any atom is -0.393 e. The van der Waals surface area contributed by atoms with Crippen molar-refractivity contribution in [2.75, 3.05) is 0 Å². The van der Waals surface area contributed by atoms with Gasteiger partial charge in [-0.25, -0.2) is 0 Å². The molecule has 22 heavy (non-hydrogen) atoms. The van der Waals surface area contributed by atoms with Gasteiger partial charge in [-0.3, -0.25) is 0 Å². The minimum absolute atomic E-state index is 0.0482. The molecule has 2 fully saturated rings. The minimum atomic E-state index is -1.06. The number of nitriles is 2. The Hall–Kier alpha value is -1.65. The summed E-state index contributed by atoms with van der Waals surface area (Å²) in [7, 11) is 0. The van der Waals surface area contributed by atoms with Gasteiger partial charge >= 0.3 is 0 Å². The Balaban J connectivity index is 2.12. The standard InChI is InChI=1S/C18H22N2O2/c1-12-14-4-3-13-7-17(9-19,10-20)8-18(13,11-21)16(14,2)6-5-15(12)22/h3-4,11-15,22H,5-8H2,1-2H3/t12-,13-,14?,15-,16-,18-/m0/s1. The average molecular weight is 298 g/mol. The van der Waals surface area contributed by atoms with E-state index in [9.17, 15) is 20.4 Å². The third-order valence-electron chi connectivity index (χ3n) is 6.95. The lowest BCUT2D eigenvalue weighted by molar-refractivity contribution is -0.142. The van der Waals surface area contributed by atoms with E-state index in [1.807, 2.05) is 13.0 Å². The lowest BCUT2D eigenvalue weighted by Gasteiger charge is -2.57. The normalized spacial score (nSPS) is 48.6. The zero-order valence-electron chi connectivity index (χ0n) is 13.1. The number of aldehydes is 1. The van der Waals surface area contributed by atoms with Crippen LogP contribution in [0.3, 0.4) is 0 Å². The van der Waals surface area contributed by atoms with Crippen molar-refractivity contribution in [2.45, 2.75) is 45.6 Å². The number of allylic oxidation sites excluding steroid dienone is 2. The molecule has 3 rings (SSSR count). The van der Waals surface area contributed by atoms with E-state index in [2.05, 4.69) is 25.1 Å². The second-order valence-electron chi connectivity index (χ2n) is 7.74. The van der Waals surface area contributed by atoms with Gasteiger partial charge in [0.05, 0.1) is 18.2 Å². The first-order valence-corrected chi connectivity index (χ1v) is 8.03. The monoisotopic (exact) mass is 298 g/mol. The Bertz CT molecular complexity index is 600. The summed E-state index contributed by atoms with van der Waals surface area (Å²) in [6, 6.07) is 4.34. The number of carbonyl (C=O) groups is 1. The maximum Gasteiger partial charge on any atom is 0.145 e. The van der Waals surface area contributed by atoms with Crippen LogP contribution in [0.1, 0.15) is 39.5 Å². The molecule has 0 radical (unpaired) electrons. The van der Waals surface area contributed by atoms with Crippen LogP contribution in [0.25, 0.3) is 0 Å². The van der Waals surface area contributed by atoms with Gasteiger partial charge in [-0.05, 0) is 48.9 Å². The molecule has 1 unspecified atom stereocenters. The fraction of sp³-hybridized carbons (Fsp3) is 0.722. The summed E-state index contributed by atoms with van der Waals surface area (Å²) in [5.41, 5.74) is -2.01. The van der Waals surface area contributed by atoms with Crippen molar-refractivity contribution in [1.82, 2.24) is 0 Å². The highest BCUT2D eigenvalue weighted by Crippen LogP contribution is 2.68. The third-order valence-corrected chi connectivity index (χ3v) is 6.95. The van der Waals surface area contributed by atoms with E-state index in [1.54, 1.807) is 0 Å². The molecule has 0 aromatic carbocycles. The van der Waals surface area contributed by atoms with Crippen molar-refractivity contribution in [1.29, 1.82) is 10.5 Å². The van der Waals surface area contributed by atoms with Crippen LogP contribution in [0.2, 0.25) is 0 Å². The van der Waals surface area contributed by atoms with Gasteiger partial charge in [0.1, 0.15) is 11.7 Å². The fourth-order valence-electron chi connectivity index (χ4n) is 5.47. The van der Waals surface area contributed by atoms with Crippen LogP contribution in [0.15, 0.2) is 12.2 Å². The molecule has 0 spiro atoms. The highest BCUT2D eigenvalue weighted by Gasteiger charge is 2.67. The summed E-state index contributed by atoms with van der Waals surface area (Å²) in [6.07, 6.45) is 7.04. The van der Waals surface area contributed by atoms with Crippen molar-refractivity contribution < 1.29 is 9.90 Å². The van der Waals surface area contributed by atoms with Crippen LogP contribution >= 0.6 is 0 Å². The first kappa shape index (κ1) is 15.3. The number of rotatable bonds is 1. The highest BCUT2D eigenvalue weighted by molar-refractivity contribution is 5.66. The number of nitrogens with zero attached hydrogens (tertiary/aromatic N) is 2. The molecule has 1 N–H and O–H groups in total. The second kappa shape index (κ2) is 4.67. The molecule has 0 saturated heterocycles. The summed E-state index contributed by atoms with van der Waals surface area (Å²) in [6.45, 7) is 4.16. The maximum atomic E-state index is 12.2. The second-order valence-corrected chi connectivity index (χ2v) is 7.74. The van der Waals surface area contributed by atoms with Gasteiger partial charge in [0.25, 0.3) is 0 Å². The number of aliphatic hydroxyl groups is 1. The number of aliphatic hydroxyl groups excluding tert-OH is 1. The van der Waals surface area contributed by atoms with Gasteiger partial charge in [0, 0.05) is 5.41 Å². The Morgan fingerprint density at radius 1 is 1.32 bits per heavy atom. The molecule has 3 aliphatic carbocycles. The van der Waals surface area contributed by atoms with Crippen molar-refractivity contribution in [3.8, 4) is 12.1 Å². The number of carbonyl (C=O) groups excluding carboxylic acids is 1. The predicted molar refractivity (Wildman–Crippen MR) is 80.0 cm³/mol. The van der Waals surface area contributed by atoms with Crippen LogP contribution in [0.5, 0.6) is 0 Å². The van der Waals surface area contributed by atoms with Gasteiger partial charge in [-0.15, -0.1) is 0 Å². The Labute approximate surface area is 131 Å². The predicted octanol–water partition coefficient (Wildman–Crippen LogP) is 2.60. The topological polar surface area (TPSA) is 84.9 Å². The summed E-state index contributed by atoms with van der Waals surface area (Å²) in [5, 5.41) is 29.2. The number of hydrogen-bond acceptors (Lipinski definition) is 4. The van der Waals surface area contributed by atoms with Crippen LogP contribution in [0.4, 0.5) is 0 Å². The average Bonchev–Trinajstić information content (AvgIpc) is 2.88. The molecule has 0 aromatic rings. The van der Waals surface area contributed by atoms with E-state index >= 15 is 0 Å². The molecular formula is C18H22N2O2. The zero-order chi connectivity index (χ0) is 16.2. The molecule has 0 bridgehead atoms. The van der Waals surface area contributed by atoms with Crippen molar-refractivity contribution in [2.24, 2.45) is 34.0 Å². The van der Waals surface area contributed by atoms with E-state index < -0.39 is 10.8 Å². The number of hydrogen-bond donors (Lipinski definition) is 1. The van der Waals surface area contributed by atoms with Crippen LogP contribution in [-0.4, -0.2) is 17.5 Å². The third kappa shape index (κ3) is 1.62. The molecule has 2 saturated carbocycles. The maximum absolute atomic E-state index is 12.2. The molecule has 116 valence electrons. The molecule has 0 heterocycles. The zero-order valence-corrected chi connectivity index (χ0v) is 13.1. The summed E-state index contributed by atoms with van der Waals surface area (Å²) >= 11 is 0. The lowest BCUT2D eigenvalue weighted by atomic mass is 9.46. The number of fused-ring (bicyclic) bond motifs is 3. The molecule has 0 aliphatic heterocycles. The highest BCUT2D eigenvalue weighted by atomic mass is 16.3. The Kier molecular flexibility index (Phi) is 3.24. The van der Waals surface area contributed by atoms with Crippen molar-refractivity contribution in [3.63, 3.8) is 0 Å². The van der Waals surface area contributed by atoms with E-state index in [-0.39, 0.29) is 29.3 Å². The summed E-state index contributed by atoms with van der Waals surface area (Å²) in [5.74, 6) is 0.158. The molecule has 4 nitrogen and oxygen atoms in total. The van der Waals surface area contributed by atoms with Crippen LogP contribution in [-0.2, 0) is 4.79 Å². The van der Waals surface area contributed by atoms with Crippen molar-refractivity contribution in [3.05, 3.63) is 12.2 Å². The molecule has 4 heteroatoms. The summed E-state index contributed by atoms with van der Waals surface area (Å²) < 4.78 is 0. The van der Waals surface area contributed by atoms with Gasteiger partial charge in [-0.1, -0.05) is 26.0 Å². The van der Waals surface area contributed by atoms with Crippen LogP contribution in [0, 0.1) is 56.7 Å². The van der Waals surface area contributed by atoms with Crippen molar-refractivity contribution >= 4 is 6.29 Å². The molecular weight excluding hydrogens is 276 g/mol. The fourth-order valence-corrected chi connectivity index (χ4v) is 5.47. The van der Waals surface area contributed by atoms with Crippen LogP contribution < -0.4 is 0 Å². The lowest BCUT2D eigenvalue weighted by Crippen LogP contribution is -2.56. The first-order chi connectivity index (χ1) is 10.4. The summed E-state index contributed by atoms with van der Waals surface area (Å²) in [4.78, 5) is 12.2. The molecule has 0 amide bonds. The Morgan fingerprint density at radius 2 is 2.00 bits per heavy atom. The molecule has 6 atom stereocenters. The van der Waals surface area contributed by atoms with E-state index in [0.29, 0.717) is 19.3 Å². The molecule has 3 aliphatic rings. The smallest absolute Gasteiger partial charge is 0.145 e. The Morgan fingerprint density at radius 3 is 2.59 bits per heavy atom. The van der Waals surface area contributed by atoms with Gasteiger partial charge in [0.2, 0.25) is 0 Å². The molecule has 0 aromatic heterocycles. The SMILES string of the molecule is C[C@H]1C2C=C[C@H]3CC(C#N)(C#N)C[C@@]3(C=O)[C@@]2(C)CC[C@@H]1O. The van der Waals surface area contributed by atoms with Gasteiger partial charge in [-0.2, -0.15) is 10.5 Å². The first-order valence-electron chi connectivity index (χ1n) is 8.03. The van der Waals surface area contributed by atoms with E-state index in [1.165, 1.54) is 0 Å². The van der Waals surface area contributed by atoms with Gasteiger partial charge in [0.15, 0.2) is 0 Å². The van der Waals surface area contributed by atoms with Gasteiger partial charge < -0.3 is 9.90 Å². The van der Waals surface area contributed by atoms with E-state index in [0.717, 1.165) is 12.7 Å².